The molecule has 2 unspecified atom stereocenters. The number of methoxy groups -OCH3 is 1. The first-order chi connectivity index (χ1) is 14.6. The Kier molecular flexibility index (Phi) is 6.38. The summed E-state index contributed by atoms with van der Waals surface area (Å²) in [7, 11) is 1.30. The number of alkyl carbamates (subject to hydrolysis) is 1. The normalized spacial score (nSPS) is 22.1. The van der Waals surface area contributed by atoms with Gasteiger partial charge in [-0.05, 0) is 37.0 Å². The van der Waals surface area contributed by atoms with E-state index in [1.165, 1.54) is 7.11 Å². The minimum atomic E-state index is -0.665. The largest absolute Gasteiger partial charge is 0.453 e. The van der Waals surface area contributed by atoms with E-state index in [0.717, 1.165) is 40.8 Å². The first kappa shape index (κ1) is 20.9. The molecule has 1 aromatic heterocycles. The van der Waals surface area contributed by atoms with Gasteiger partial charge < -0.3 is 24.7 Å². The van der Waals surface area contributed by atoms with Crippen LogP contribution in [0.2, 0.25) is 0 Å². The molecule has 2 fully saturated rings. The summed E-state index contributed by atoms with van der Waals surface area (Å²) in [6, 6.07) is 7.17. The second-order valence-corrected chi connectivity index (χ2v) is 8.53. The topological polar surface area (TPSA) is 96.5 Å². The second kappa shape index (κ2) is 9.18. The molecule has 2 aromatic rings. The minimum absolute atomic E-state index is 0.0622. The van der Waals surface area contributed by atoms with Crippen LogP contribution in [0.5, 0.6) is 0 Å². The van der Waals surface area contributed by atoms with Gasteiger partial charge in [-0.25, -0.2) is 9.78 Å². The number of hydrogen-bond acceptors (Lipinski definition) is 5. The van der Waals surface area contributed by atoms with E-state index in [4.69, 9.17) is 9.47 Å². The van der Waals surface area contributed by atoms with Gasteiger partial charge in [-0.1, -0.05) is 28.1 Å². The van der Waals surface area contributed by atoms with Crippen molar-refractivity contribution in [3.63, 3.8) is 0 Å². The molecule has 3 heterocycles. The fraction of sp³-hybridized carbons (Fsp3) is 0.476. The van der Waals surface area contributed by atoms with E-state index in [2.05, 4.69) is 31.2 Å². The molecule has 0 saturated carbocycles. The minimum Gasteiger partial charge on any atom is -0.453 e. The fourth-order valence-corrected chi connectivity index (χ4v) is 4.42. The Labute approximate surface area is 183 Å². The molecule has 2 amide bonds. The van der Waals surface area contributed by atoms with Crippen molar-refractivity contribution in [1.82, 2.24) is 20.2 Å². The molecule has 8 nitrogen and oxygen atoms in total. The predicted molar refractivity (Wildman–Crippen MR) is 114 cm³/mol. The fourth-order valence-electron chi connectivity index (χ4n) is 4.16. The zero-order chi connectivity index (χ0) is 21.1. The van der Waals surface area contributed by atoms with E-state index < -0.39 is 12.1 Å². The first-order valence-corrected chi connectivity index (χ1v) is 10.9. The van der Waals surface area contributed by atoms with Gasteiger partial charge in [0.05, 0.1) is 31.6 Å². The zero-order valence-electron chi connectivity index (χ0n) is 16.8. The number of aromatic nitrogens is 2. The standard InChI is InChI=1S/C21H25BrN4O4/c1-29-21(28)25-18(14-8-10-30-12-14)20(27)26-9-2-3-17(26)19-23-11-16(24-19)13-4-6-15(22)7-5-13/h4-7,11,14,17-18H,2-3,8-10,12H2,1H3,(H,23,24)(H,25,28)/t14?,17-,18?/m0/s1. The summed E-state index contributed by atoms with van der Waals surface area (Å²) < 4.78 is 11.2. The average Bonchev–Trinajstić information content (AvgIpc) is 3.52. The maximum Gasteiger partial charge on any atom is 0.407 e. The molecule has 9 heteroatoms. The predicted octanol–water partition coefficient (Wildman–Crippen LogP) is 3.26. The molecule has 2 aliphatic heterocycles. The number of carbonyl (C=O) groups is 2. The molecule has 4 rings (SSSR count). The number of hydrogen-bond donors (Lipinski definition) is 2. The van der Waals surface area contributed by atoms with Gasteiger partial charge in [0.15, 0.2) is 0 Å². The first-order valence-electron chi connectivity index (χ1n) is 10.1. The van der Waals surface area contributed by atoms with Gasteiger partial charge in [-0.15, -0.1) is 0 Å². The van der Waals surface area contributed by atoms with Gasteiger partial charge in [0.2, 0.25) is 5.91 Å². The third-order valence-corrected chi connectivity index (χ3v) is 6.29. The molecular formula is C21H25BrN4O4. The monoisotopic (exact) mass is 476 g/mol. The third kappa shape index (κ3) is 4.37. The lowest BCUT2D eigenvalue weighted by Crippen LogP contribution is -2.52. The summed E-state index contributed by atoms with van der Waals surface area (Å²) >= 11 is 3.45. The van der Waals surface area contributed by atoms with Gasteiger partial charge >= 0.3 is 6.09 Å². The molecule has 2 N–H and O–H groups in total. The lowest BCUT2D eigenvalue weighted by molar-refractivity contribution is -0.135. The number of rotatable bonds is 5. The second-order valence-electron chi connectivity index (χ2n) is 7.62. The van der Waals surface area contributed by atoms with Crippen molar-refractivity contribution in [2.45, 2.75) is 31.3 Å². The number of nitrogens with zero attached hydrogens (tertiary/aromatic N) is 2. The van der Waals surface area contributed by atoms with Crippen molar-refractivity contribution in [2.24, 2.45) is 5.92 Å². The van der Waals surface area contributed by atoms with Crippen LogP contribution in [0.15, 0.2) is 34.9 Å². The van der Waals surface area contributed by atoms with Crippen molar-refractivity contribution in [3.05, 3.63) is 40.8 Å². The number of nitrogens with one attached hydrogen (secondary N) is 2. The van der Waals surface area contributed by atoms with Gasteiger partial charge in [-0.3, -0.25) is 4.79 Å². The van der Waals surface area contributed by atoms with Crippen molar-refractivity contribution in [3.8, 4) is 11.3 Å². The summed E-state index contributed by atoms with van der Waals surface area (Å²) in [5.41, 5.74) is 1.94. The maximum absolute atomic E-state index is 13.4. The van der Waals surface area contributed by atoms with Crippen molar-refractivity contribution < 1.29 is 19.1 Å². The highest BCUT2D eigenvalue weighted by atomic mass is 79.9. The van der Waals surface area contributed by atoms with Gasteiger partial charge in [-0.2, -0.15) is 0 Å². The molecule has 0 spiro atoms. The van der Waals surface area contributed by atoms with E-state index in [0.29, 0.717) is 19.8 Å². The Morgan fingerprint density at radius 2 is 2.13 bits per heavy atom. The van der Waals surface area contributed by atoms with Crippen LogP contribution >= 0.6 is 15.9 Å². The van der Waals surface area contributed by atoms with Crippen LogP contribution in [0.4, 0.5) is 4.79 Å². The van der Waals surface area contributed by atoms with E-state index in [-0.39, 0.29) is 17.9 Å². The molecule has 160 valence electrons. The number of carbonyl (C=O) groups excluding carboxylic acids is 2. The van der Waals surface area contributed by atoms with Crippen LogP contribution in [-0.2, 0) is 14.3 Å². The molecule has 3 atom stereocenters. The molecule has 0 aliphatic carbocycles. The molecule has 2 saturated heterocycles. The van der Waals surface area contributed by atoms with Crippen LogP contribution in [0.25, 0.3) is 11.3 Å². The molecule has 0 bridgehead atoms. The van der Waals surface area contributed by atoms with E-state index >= 15 is 0 Å². The molecule has 30 heavy (non-hydrogen) atoms. The maximum atomic E-state index is 13.4. The van der Waals surface area contributed by atoms with Gasteiger partial charge in [0.25, 0.3) is 0 Å². The average molecular weight is 477 g/mol. The van der Waals surface area contributed by atoms with Crippen LogP contribution in [0, 0.1) is 5.92 Å². The molecular weight excluding hydrogens is 452 g/mol. The van der Waals surface area contributed by atoms with Crippen LogP contribution in [0.1, 0.15) is 31.1 Å². The number of imidazole rings is 1. The summed E-state index contributed by atoms with van der Waals surface area (Å²) in [6.07, 6.45) is 3.63. The third-order valence-electron chi connectivity index (χ3n) is 5.76. The smallest absolute Gasteiger partial charge is 0.407 e. The highest BCUT2D eigenvalue weighted by Gasteiger charge is 2.40. The lowest BCUT2D eigenvalue weighted by atomic mass is 9.97. The highest BCUT2D eigenvalue weighted by Crippen LogP contribution is 2.33. The van der Waals surface area contributed by atoms with Gasteiger partial charge in [0, 0.05) is 23.5 Å². The molecule has 0 radical (unpaired) electrons. The van der Waals surface area contributed by atoms with Crippen molar-refractivity contribution in [1.29, 1.82) is 0 Å². The Bertz CT molecular complexity index is 895. The zero-order valence-corrected chi connectivity index (χ0v) is 18.4. The summed E-state index contributed by atoms with van der Waals surface area (Å²) in [4.78, 5) is 35.1. The summed E-state index contributed by atoms with van der Waals surface area (Å²) in [6.45, 7) is 1.67. The number of ether oxygens (including phenoxy) is 2. The van der Waals surface area contributed by atoms with E-state index in [9.17, 15) is 9.59 Å². The number of likely N-dealkylation sites (tertiary alicyclic amines) is 1. The lowest BCUT2D eigenvalue weighted by Gasteiger charge is -2.30. The number of benzene rings is 1. The number of aromatic amines is 1. The van der Waals surface area contributed by atoms with E-state index in [1.54, 1.807) is 6.20 Å². The van der Waals surface area contributed by atoms with Crippen molar-refractivity contribution >= 4 is 27.9 Å². The quantitative estimate of drug-likeness (QED) is 0.689. The van der Waals surface area contributed by atoms with Crippen LogP contribution in [-0.4, -0.2) is 59.8 Å². The number of amides is 2. The van der Waals surface area contributed by atoms with E-state index in [1.807, 2.05) is 29.2 Å². The Morgan fingerprint density at radius 1 is 1.33 bits per heavy atom. The highest BCUT2D eigenvalue weighted by molar-refractivity contribution is 9.10. The van der Waals surface area contributed by atoms with Gasteiger partial charge in [0.1, 0.15) is 11.9 Å². The SMILES string of the molecule is COC(=O)NC(C(=O)N1CCC[C@H]1c1ncc(-c2ccc(Br)cc2)[nH]1)C1CCOC1. The Morgan fingerprint density at radius 3 is 2.83 bits per heavy atom. The van der Waals surface area contributed by atoms with Crippen LogP contribution in [0.3, 0.4) is 0 Å². The number of H-pyrrole nitrogens is 1. The molecule has 1 aromatic carbocycles. The van der Waals surface area contributed by atoms with Crippen molar-refractivity contribution in [2.75, 3.05) is 26.9 Å². The summed E-state index contributed by atoms with van der Waals surface area (Å²) in [5, 5.41) is 2.73. The Balaban J connectivity index is 1.54. The molecule has 2 aliphatic rings. The Hall–Kier alpha value is -2.39. The van der Waals surface area contributed by atoms with Crippen LogP contribution < -0.4 is 5.32 Å². The number of halogens is 1. The summed E-state index contributed by atoms with van der Waals surface area (Å²) in [5.74, 6) is 0.589.